The molecule has 1 atom stereocenters. The summed E-state index contributed by atoms with van der Waals surface area (Å²) in [6.45, 7) is 0.590. The molecule has 1 heterocycles. The molecule has 0 aliphatic carbocycles. The number of hydrogen-bond acceptors (Lipinski definition) is 4. The Bertz CT molecular complexity index is 197. The summed E-state index contributed by atoms with van der Waals surface area (Å²) in [6, 6.07) is -0.785. The summed E-state index contributed by atoms with van der Waals surface area (Å²) >= 11 is 1.56. The second kappa shape index (κ2) is 4.32. The quantitative estimate of drug-likeness (QED) is 0.386. The normalized spacial score (nSPS) is 22.2. The topological polar surface area (TPSA) is 84.2 Å². The lowest BCUT2D eigenvalue weighted by atomic mass is 10.3. The second-order valence-electron chi connectivity index (χ2n) is 2.38. The molecule has 68 valence electrons. The van der Waals surface area contributed by atoms with E-state index in [-0.39, 0.29) is 11.9 Å². The molecule has 0 spiro atoms. The highest BCUT2D eigenvalue weighted by Gasteiger charge is 2.28. The lowest BCUT2D eigenvalue weighted by Crippen LogP contribution is -2.31. The summed E-state index contributed by atoms with van der Waals surface area (Å²) in [4.78, 5) is 21.6. The Labute approximate surface area is 74.4 Å². The molecule has 4 N–H and O–H groups in total. The maximum absolute atomic E-state index is 10.9. The molecule has 1 unspecified atom stereocenters. The molecule has 12 heavy (non-hydrogen) atoms. The van der Waals surface area contributed by atoms with E-state index in [0.717, 1.165) is 5.75 Å². The Balaban J connectivity index is 2.24. The standard InChI is InChI=1S/C6H11N3O2S/c7-1-2-12-3-4-5(10)9-6(11)8-4/h4H,1-3,7H2,(H2,8,9,10,11). The van der Waals surface area contributed by atoms with E-state index in [1.54, 1.807) is 11.8 Å². The Morgan fingerprint density at radius 3 is 2.75 bits per heavy atom. The molecule has 1 saturated heterocycles. The third-order valence-corrected chi connectivity index (χ3v) is 2.50. The van der Waals surface area contributed by atoms with Crippen LogP contribution < -0.4 is 16.4 Å². The van der Waals surface area contributed by atoms with E-state index < -0.39 is 6.03 Å². The maximum Gasteiger partial charge on any atom is 0.322 e. The molecule has 1 rings (SSSR count). The number of hydrogen-bond donors (Lipinski definition) is 3. The molecule has 0 radical (unpaired) electrons. The highest BCUT2D eigenvalue weighted by atomic mass is 32.2. The van der Waals surface area contributed by atoms with Crippen LogP contribution in [0, 0.1) is 0 Å². The lowest BCUT2D eigenvalue weighted by molar-refractivity contribution is -0.119. The van der Waals surface area contributed by atoms with E-state index in [0.29, 0.717) is 12.3 Å². The molecular formula is C6H11N3O2S. The number of urea groups is 1. The maximum atomic E-state index is 10.9. The predicted octanol–water partition coefficient (Wildman–Crippen LogP) is -1.11. The zero-order valence-electron chi connectivity index (χ0n) is 6.50. The van der Waals surface area contributed by atoms with Gasteiger partial charge in [0.15, 0.2) is 0 Å². The Kier molecular flexibility index (Phi) is 3.36. The van der Waals surface area contributed by atoms with E-state index in [1.807, 2.05) is 0 Å². The zero-order chi connectivity index (χ0) is 8.97. The van der Waals surface area contributed by atoms with E-state index >= 15 is 0 Å². The summed E-state index contributed by atoms with van der Waals surface area (Å²) in [5.74, 6) is 1.15. The van der Waals surface area contributed by atoms with E-state index in [9.17, 15) is 9.59 Å². The summed E-state index contributed by atoms with van der Waals surface area (Å²) in [5.41, 5.74) is 5.27. The van der Waals surface area contributed by atoms with Crippen molar-refractivity contribution in [2.24, 2.45) is 5.73 Å². The van der Waals surface area contributed by atoms with Gasteiger partial charge >= 0.3 is 6.03 Å². The minimum absolute atomic E-state index is 0.246. The van der Waals surface area contributed by atoms with Gasteiger partial charge in [-0.15, -0.1) is 0 Å². The summed E-state index contributed by atoms with van der Waals surface area (Å²) in [6.07, 6.45) is 0. The minimum Gasteiger partial charge on any atom is -0.330 e. The van der Waals surface area contributed by atoms with Gasteiger partial charge in [-0.1, -0.05) is 0 Å². The van der Waals surface area contributed by atoms with Gasteiger partial charge in [-0.05, 0) is 0 Å². The van der Waals surface area contributed by atoms with Crippen LogP contribution in [0.5, 0.6) is 0 Å². The molecule has 0 aromatic heterocycles. The van der Waals surface area contributed by atoms with Crippen LogP contribution in [0.4, 0.5) is 4.79 Å². The van der Waals surface area contributed by atoms with Gasteiger partial charge in [0.25, 0.3) is 5.91 Å². The SMILES string of the molecule is NCCSCC1NC(=O)NC1=O. The first-order valence-corrected chi connectivity index (χ1v) is 4.78. The van der Waals surface area contributed by atoms with Crippen LogP contribution in [0.2, 0.25) is 0 Å². The van der Waals surface area contributed by atoms with Crippen LogP contribution in [0.3, 0.4) is 0 Å². The van der Waals surface area contributed by atoms with Crippen LogP contribution in [0.25, 0.3) is 0 Å². The van der Waals surface area contributed by atoms with Gasteiger partial charge in [0.05, 0.1) is 0 Å². The van der Waals surface area contributed by atoms with E-state index in [2.05, 4.69) is 10.6 Å². The van der Waals surface area contributed by atoms with Crippen LogP contribution in [-0.2, 0) is 4.79 Å². The Hall–Kier alpha value is -0.750. The van der Waals surface area contributed by atoms with Crippen molar-refractivity contribution >= 4 is 23.7 Å². The number of carbonyl (C=O) groups excluding carboxylic acids is 2. The first kappa shape index (κ1) is 9.34. The fourth-order valence-electron chi connectivity index (χ4n) is 0.861. The molecule has 0 aromatic carbocycles. The van der Waals surface area contributed by atoms with E-state index in [4.69, 9.17) is 5.73 Å². The molecule has 1 aliphatic rings. The van der Waals surface area contributed by atoms with Crippen LogP contribution in [-0.4, -0.2) is 36.0 Å². The molecule has 1 fully saturated rings. The van der Waals surface area contributed by atoms with Crippen molar-refractivity contribution in [3.63, 3.8) is 0 Å². The van der Waals surface area contributed by atoms with Gasteiger partial charge in [-0.2, -0.15) is 11.8 Å². The third kappa shape index (κ3) is 2.38. The van der Waals surface area contributed by atoms with Gasteiger partial charge in [-0.25, -0.2) is 4.79 Å². The monoisotopic (exact) mass is 189 g/mol. The van der Waals surface area contributed by atoms with Gasteiger partial charge < -0.3 is 11.1 Å². The van der Waals surface area contributed by atoms with Crippen molar-refractivity contribution in [2.75, 3.05) is 18.1 Å². The molecule has 6 heteroatoms. The molecular weight excluding hydrogens is 178 g/mol. The number of nitrogens with two attached hydrogens (primary N) is 1. The molecule has 0 bridgehead atoms. The zero-order valence-corrected chi connectivity index (χ0v) is 7.32. The average molecular weight is 189 g/mol. The fourth-order valence-corrected chi connectivity index (χ4v) is 1.66. The van der Waals surface area contributed by atoms with Crippen LogP contribution in [0.1, 0.15) is 0 Å². The number of imide groups is 1. The van der Waals surface area contributed by atoms with Gasteiger partial charge in [0, 0.05) is 18.1 Å². The van der Waals surface area contributed by atoms with Gasteiger partial charge in [-0.3, -0.25) is 10.1 Å². The first-order valence-electron chi connectivity index (χ1n) is 3.63. The summed E-state index contributed by atoms with van der Waals surface area (Å²) < 4.78 is 0. The lowest BCUT2D eigenvalue weighted by Gasteiger charge is -2.04. The van der Waals surface area contributed by atoms with Crippen molar-refractivity contribution in [3.05, 3.63) is 0 Å². The summed E-state index contributed by atoms with van der Waals surface area (Å²) in [5, 5.41) is 4.66. The third-order valence-electron chi connectivity index (χ3n) is 1.41. The average Bonchev–Trinajstić information content (AvgIpc) is 2.31. The van der Waals surface area contributed by atoms with Crippen molar-refractivity contribution in [2.45, 2.75) is 6.04 Å². The van der Waals surface area contributed by atoms with Crippen molar-refractivity contribution in [1.29, 1.82) is 0 Å². The van der Waals surface area contributed by atoms with Crippen LogP contribution >= 0.6 is 11.8 Å². The Morgan fingerprint density at radius 1 is 1.50 bits per heavy atom. The van der Waals surface area contributed by atoms with Crippen molar-refractivity contribution in [1.82, 2.24) is 10.6 Å². The Morgan fingerprint density at radius 2 is 2.25 bits per heavy atom. The van der Waals surface area contributed by atoms with Crippen LogP contribution in [0.15, 0.2) is 0 Å². The van der Waals surface area contributed by atoms with Crippen molar-refractivity contribution < 1.29 is 9.59 Å². The minimum atomic E-state index is -0.404. The highest BCUT2D eigenvalue weighted by Crippen LogP contribution is 2.04. The van der Waals surface area contributed by atoms with E-state index in [1.165, 1.54) is 0 Å². The number of nitrogens with one attached hydrogen (secondary N) is 2. The van der Waals surface area contributed by atoms with Crippen molar-refractivity contribution in [3.8, 4) is 0 Å². The molecule has 1 aliphatic heterocycles. The number of thioether (sulfide) groups is 1. The highest BCUT2D eigenvalue weighted by molar-refractivity contribution is 7.99. The smallest absolute Gasteiger partial charge is 0.322 e. The molecule has 0 saturated carbocycles. The summed E-state index contributed by atoms with van der Waals surface area (Å²) in [7, 11) is 0. The molecule has 0 aromatic rings. The molecule has 3 amide bonds. The largest absolute Gasteiger partial charge is 0.330 e. The predicted molar refractivity (Wildman–Crippen MR) is 46.8 cm³/mol. The van der Waals surface area contributed by atoms with Gasteiger partial charge in [0.1, 0.15) is 6.04 Å². The molecule has 5 nitrogen and oxygen atoms in total. The number of amides is 3. The second-order valence-corrected chi connectivity index (χ2v) is 3.53. The number of rotatable bonds is 4. The fraction of sp³-hybridized carbons (Fsp3) is 0.667. The first-order chi connectivity index (χ1) is 5.74. The number of carbonyl (C=O) groups is 2. The van der Waals surface area contributed by atoms with Gasteiger partial charge in [0.2, 0.25) is 0 Å².